The van der Waals surface area contributed by atoms with Crippen molar-refractivity contribution < 1.29 is 28.6 Å². The van der Waals surface area contributed by atoms with E-state index < -0.39 is 11.9 Å². The van der Waals surface area contributed by atoms with Gasteiger partial charge in [0, 0.05) is 29.4 Å². The fourth-order valence-corrected chi connectivity index (χ4v) is 3.86. The lowest BCUT2D eigenvalue weighted by atomic mass is 9.96. The molecule has 1 fully saturated rings. The summed E-state index contributed by atoms with van der Waals surface area (Å²) >= 11 is 0. The zero-order chi connectivity index (χ0) is 24.5. The SMILES string of the molecule is CCOC(=O)c1cc(OC)c(OC)cc1NC(=O)c1ccc(NC(=O)NC2CCCCC2)cc1. The highest BCUT2D eigenvalue weighted by atomic mass is 16.5. The third kappa shape index (κ3) is 6.40. The Morgan fingerprint density at radius 2 is 1.56 bits per heavy atom. The first-order valence-electron chi connectivity index (χ1n) is 11.4. The molecule has 0 unspecified atom stereocenters. The van der Waals surface area contributed by atoms with Gasteiger partial charge in [0.15, 0.2) is 11.5 Å². The van der Waals surface area contributed by atoms with E-state index in [0.717, 1.165) is 25.7 Å². The van der Waals surface area contributed by atoms with E-state index in [2.05, 4.69) is 16.0 Å². The van der Waals surface area contributed by atoms with Gasteiger partial charge in [0.25, 0.3) is 5.91 Å². The second kappa shape index (κ2) is 11.9. The molecule has 3 N–H and O–H groups in total. The van der Waals surface area contributed by atoms with Crippen molar-refractivity contribution in [3.8, 4) is 11.5 Å². The number of nitrogens with one attached hydrogen (secondary N) is 3. The third-order valence-electron chi connectivity index (χ3n) is 5.61. The van der Waals surface area contributed by atoms with Crippen LogP contribution in [0.25, 0.3) is 0 Å². The maximum Gasteiger partial charge on any atom is 0.340 e. The topological polar surface area (TPSA) is 115 Å². The molecule has 9 heteroatoms. The molecule has 0 heterocycles. The molecule has 2 aromatic rings. The number of methoxy groups -OCH3 is 2. The Kier molecular flexibility index (Phi) is 8.73. The van der Waals surface area contributed by atoms with E-state index in [9.17, 15) is 14.4 Å². The van der Waals surface area contributed by atoms with Crippen LogP contribution in [0.5, 0.6) is 11.5 Å². The van der Waals surface area contributed by atoms with Crippen molar-refractivity contribution in [2.75, 3.05) is 31.5 Å². The van der Waals surface area contributed by atoms with Gasteiger partial charge in [-0.1, -0.05) is 19.3 Å². The second-order valence-corrected chi connectivity index (χ2v) is 7.94. The van der Waals surface area contributed by atoms with Crippen molar-refractivity contribution >= 4 is 29.3 Å². The van der Waals surface area contributed by atoms with Gasteiger partial charge < -0.3 is 30.2 Å². The second-order valence-electron chi connectivity index (χ2n) is 7.94. The van der Waals surface area contributed by atoms with Crippen molar-refractivity contribution in [3.63, 3.8) is 0 Å². The fraction of sp³-hybridized carbons (Fsp3) is 0.400. The zero-order valence-corrected chi connectivity index (χ0v) is 19.7. The fourth-order valence-electron chi connectivity index (χ4n) is 3.86. The van der Waals surface area contributed by atoms with Crippen LogP contribution in [-0.4, -0.2) is 44.8 Å². The van der Waals surface area contributed by atoms with Crippen LogP contribution in [-0.2, 0) is 4.74 Å². The van der Waals surface area contributed by atoms with E-state index in [1.807, 2.05) is 0 Å². The number of anilines is 2. The van der Waals surface area contributed by atoms with Crippen molar-refractivity contribution in [2.45, 2.75) is 45.1 Å². The Hall–Kier alpha value is -3.75. The summed E-state index contributed by atoms with van der Waals surface area (Å²) in [6.45, 7) is 1.88. The minimum Gasteiger partial charge on any atom is -0.493 e. The largest absolute Gasteiger partial charge is 0.493 e. The predicted molar refractivity (Wildman–Crippen MR) is 129 cm³/mol. The molecule has 1 saturated carbocycles. The molecule has 0 saturated heterocycles. The van der Waals surface area contributed by atoms with Gasteiger partial charge in [0.05, 0.1) is 32.1 Å². The van der Waals surface area contributed by atoms with Gasteiger partial charge in [0.1, 0.15) is 0 Å². The Morgan fingerprint density at radius 3 is 2.18 bits per heavy atom. The average molecular weight is 470 g/mol. The number of rotatable bonds is 8. The Labute approximate surface area is 199 Å². The number of benzene rings is 2. The third-order valence-corrected chi connectivity index (χ3v) is 5.61. The van der Waals surface area contributed by atoms with Crippen LogP contribution in [0, 0.1) is 0 Å². The molecule has 3 amide bonds. The molecule has 0 atom stereocenters. The van der Waals surface area contributed by atoms with Gasteiger partial charge in [-0.3, -0.25) is 4.79 Å². The molecule has 0 bridgehead atoms. The molecule has 3 rings (SSSR count). The van der Waals surface area contributed by atoms with E-state index in [-0.39, 0.29) is 29.9 Å². The Morgan fingerprint density at radius 1 is 0.912 bits per heavy atom. The van der Waals surface area contributed by atoms with E-state index >= 15 is 0 Å². The van der Waals surface area contributed by atoms with Crippen LogP contribution in [0.4, 0.5) is 16.2 Å². The normalized spacial score (nSPS) is 13.5. The van der Waals surface area contributed by atoms with Gasteiger partial charge in [0.2, 0.25) is 0 Å². The summed E-state index contributed by atoms with van der Waals surface area (Å²) in [5.41, 5.74) is 1.30. The van der Waals surface area contributed by atoms with Gasteiger partial charge in [-0.05, 0) is 44.0 Å². The summed E-state index contributed by atoms with van der Waals surface area (Å²) < 4.78 is 15.7. The van der Waals surface area contributed by atoms with Crippen LogP contribution >= 0.6 is 0 Å². The molecule has 182 valence electrons. The van der Waals surface area contributed by atoms with Crippen LogP contribution in [0.3, 0.4) is 0 Å². The predicted octanol–water partition coefficient (Wildman–Crippen LogP) is 4.59. The summed E-state index contributed by atoms with van der Waals surface area (Å²) in [6.07, 6.45) is 5.47. The molecule has 1 aliphatic rings. The first-order valence-corrected chi connectivity index (χ1v) is 11.4. The molecule has 0 radical (unpaired) electrons. The van der Waals surface area contributed by atoms with E-state index in [1.165, 1.54) is 32.8 Å². The summed E-state index contributed by atoms with van der Waals surface area (Å²) in [5.74, 6) is -0.335. The van der Waals surface area contributed by atoms with Crippen LogP contribution in [0.2, 0.25) is 0 Å². The van der Waals surface area contributed by atoms with Gasteiger partial charge in [-0.25, -0.2) is 9.59 Å². The van der Waals surface area contributed by atoms with E-state index in [4.69, 9.17) is 14.2 Å². The lowest BCUT2D eigenvalue weighted by Gasteiger charge is -2.22. The number of amides is 3. The molecule has 0 spiro atoms. The lowest BCUT2D eigenvalue weighted by Crippen LogP contribution is -2.39. The molecule has 1 aliphatic carbocycles. The molecule has 2 aromatic carbocycles. The number of carbonyl (C=O) groups is 3. The summed E-state index contributed by atoms with van der Waals surface area (Å²) in [7, 11) is 2.92. The molecule has 9 nitrogen and oxygen atoms in total. The molecule has 0 aliphatic heterocycles. The number of hydrogen-bond acceptors (Lipinski definition) is 6. The average Bonchev–Trinajstić information content (AvgIpc) is 2.84. The first-order chi connectivity index (χ1) is 16.4. The van der Waals surface area contributed by atoms with E-state index in [1.54, 1.807) is 31.2 Å². The first kappa shape index (κ1) is 24.9. The molecular formula is C25H31N3O6. The highest BCUT2D eigenvalue weighted by molar-refractivity contribution is 6.08. The summed E-state index contributed by atoms with van der Waals surface area (Å²) in [4.78, 5) is 37.5. The maximum absolute atomic E-state index is 12.9. The van der Waals surface area contributed by atoms with Crippen LogP contribution in [0.1, 0.15) is 59.7 Å². The number of ether oxygens (including phenoxy) is 3. The van der Waals surface area contributed by atoms with Gasteiger partial charge >= 0.3 is 12.0 Å². The standard InChI is InChI=1S/C25H31N3O6/c1-4-34-24(30)19-14-21(32-2)22(33-3)15-20(19)28-23(29)16-10-12-18(13-11-16)27-25(31)26-17-8-6-5-7-9-17/h10-15,17H,4-9H2,1-3H3,(H,28,29)(H2,26,27,31). The highest BCUT2D eigenvalue weighted by Gasteiger charge is 2.20. The molecule has 0 aromatic heterocycles. The molecule has 34 heavy (non-hydrogen) atoms. The Bertz CT molecular complexity index is 1020. The van der Waals surface area contributed by atoms with Gasteiger partial charge in [-0.2, -0.15) is 0 Å². The van der Waals surface area contributed by atoms with Crippen LogP contribution in [0.15, 0.2) is 36.4 Å². The minimum absolute atomic E-state index is 0.144. The summed E-state index contributed by atoms with van der Waals surface area (Å²) in [6, 6.07) is 9.40. The maximum atomic E-state index is 12.9. The minimum atomic E-state index is -0.595. The van der Waals surface area contributed by atoms with Crippen molar-refractivity contribution in [3.05, 3.63) is 47.5 Å². The lowest BCUT2D eigenvalue weighted by molar-refractivity contribution is 0.0527. The number of urea groups is 1. The zero-order valence-electron chi connectivity index (χ0n) is 19.7. The van der Waals surface area contributed by atoms with Crippen molar-refractivity contribution in [1.29, 1.82) is 0 Å². The summed E-state index contributed by atoms with van der Waals surface area (Å²) in [5, 5.41) is 8.52. The quantitative estimate of drug-likeness (QED) is 0.487. The molecular weight excluding hydrogens is 438 g/mol. The smallest absolute Gasteiger partial charge is 0.340 e. The van der Waals surface area contributed by atoms with Crippen LogP contribution < -0.4 is 25.4 Å². The van der Waals surface area contributed by atoms with Crippen molar-refractivity contribution in [2.24, 2.45) is 0 Å². The highest BCUT2D eigenvalue weighted by Crippen LogP contribution is 2.34. The van der Waals surface area contributed by atoms with Crippen molar-refractivity contribution in [1.82, 2.24) is 5.32 Å². The van der Waals surface area contributed by atoms with E-state index in [0.29, 0.717) is 22.7 Å². The van der Waals surface area contributed by atoms with Gasteiger partial charge in [-0.15, -0.1) is 0 Å². The number of hydrogen-bond donors (Lipinski definition) is 3. The monoisotopic (exact) mass is 469 g/mol. The number of esters is 1. The Balaban J connectivity index is 1.70. The number of carbonyl (C=O) groups excluding carboxylic acids is 3.